The Hall–Kier alpha value is -0.640. The van der Waals surface area contributed by atoms with Crippen molar-refractivity contribution >= 4 is 0 Å². The molecule has 2 fully saturated rings. The zero-order chi connectivity index (χ0) is 20.9. The number of nitrogens with zero attached hydrogens (tertiary/aromatic N) is 1. The average Bonchev–Trinajstić information content (AvgIpc) is 3.19. The van der Waals surface area contributed by atoms with Crippen LogP contribution < -0.4 is 0 Å². The highest BCUT2D eigenvalue weighted by molar-refractivity contribution is 5.20. The van der Waals surface area contributed by atoms with Gasteiger partial charge in [-0.3, -0.25) is 0 Å². The first-order chi connectivity index (χ1) is 13.9. The van der Waals surface area contributed by atoms with Gasteiger partial charge in [-0.15, -0.1) is 0 Å². The van der Waals surface area contributed by atoms with E-state index in [4.69, 9.17) is 0 Å². The van der Waals surface area contributed by atoms with Crippen molar-refractivity contribution in [1.29, 1.82) is 0 Å². The van der Waals surface area contributed by atoms with Crippen LogP contribution in [0.5, 0.6) is 0 Å². The third-order valence-corrected chi connectivity index (χ3v) is 7.93. The molecule has 0 bridgehead atoms. The largest absolute Gasteiger partial charge is 0.392 e. The molecule has 3 aliphatic rings. The van der Waals surface area contributed by atoms with Crippen LogP contribution in [-0.4, -0.2) is 47.5 Å². The second-order valence-corrected chi connectivity index (χ2v) is 10.7. The molecular weight excluding hydrogens is 358 g/mol. The Morgan fingerprint density at radius 2 is 1.90 bits per heavy atom. The molecule has 2 saturated carbocycles. The van der Waals surface area contributed by atoms with E-state index in [1.807, 2.05) is 6.92 Å². The number of hydrogen-bond acceptors (Lipinski definition) is 3. The minimum absolute atomic E-state index is 0.209. The van der Waals surface area contributed by atoms with Gasteiger partial charge >= 0.3 is 0 Å². The van der Waals surface area contributed by atoms with E-state index >= 15 is 0 Å². The van der Waals surface area contributed by atoms with Gasteiger partial charge in [-0.2, -0.15) is 0 Å². The minimum Gasteiger partial charge on any atom is -0.392 e. The Morgan fingerprint density at radius 3 is 2.62 bits per heavy atom. The number of hydrogen-bond donors (Lipinski definition) is 2. The zero-order valence-corrected chi connectivity index (χ0v) is 19.2. The maximum absolute atomic E-state index is 11.0. The van der Waals surface area contributed by atoms with Gasteiger partial charge in [0.15, 0.2) is 0 Å². The highest BCUT2D eigenvalue weighted by Crippen LogP contribution is 2.48. The Kier molecular flexibility index (Phi) is 8.41. The van der Waals surface area contributed by atoms with Crippen LogP contribution in [0.1, 0.15) is 84.0 Å². The normalized spacial score (nSPS) is 32.7. The lowest BCUT2D eigenvalue weighted by atomic mass is 9.76. The second kappa shape index (κ2) is 10.6. The van der Waals surface area contributed by atoms with Crippen molar-refractivity contribution in [2.75, 3.05) is 20.6 Å². The highest BCUT2D eigenvalue weighted by Gasteiger charge is 2.43. The minimum atomic E-state index is -0.592. The molecule has 0 aromatic rings. The predicted molar refractivity (Wildman–Crippen MR) is 122 cm³/mol. The van der Waals surface area contributed by atoms with Gasteiger partial charge in [0.05, 0.1) is 11.7 Å². The fourth-order valence-electron chi connectivity index (χ4n) is 6.10. The predicted octanol–water partition coefficient (Wildman–Crippen LogP) is 5.33. The molecule has 0 aromatic heterocycles. The molecule has 0 aromatic carbocycles. The number of rotatable bonds is 10. The Morgan fingerprint density at radius 1 is 1.14 bits per heavy atom. The molecule has 3 nitrogen and oxygen atoms in total. The van der Waals surface area contributed by atoms with E-state index in [-0.39, 0.29) is 12.0 Å². The first kappa shape index (κ1) is 23.0. The molecule has 166 valence electrons. The molecule has 0 heterocycles. The van der Waals surface area contributed by atoms with Crippen LogP contribution in [0.15, 0.2) is 23.8 Å². The van der Waals surface area contributed by atoms with Crippen LogP contribution in [0.4, 0.5) is 0 Å². The summed E-state index contributed by atoms with van der Waals surface area (Å²) in [6.45, 7) is 3.21. The molecule has 5 atom stereocenters. The number of aliphatic hydroxyl groups excluding tert-OH is 1. The maximum Gasteiger partial charge on any atom is 0.0682 e. The van der Waals surface area contributed by atoms with Crippen molar-refractivity contribution in [2.45, 2.75) is 95.7 Å². The molecule has 3 aliphatic carbocycles. The third kappa shape index (κ3) is 6.42. The van der Waals surface area contributed by atoms with Gasteiger partial charge in [0.2, 0.25) is 0 Å². The van der Waals surface area contributed by atoms with E-state index in [0.717, 1.165) is 12.8 Å². The third-order valence-electron chi connectivity index (χ3n) is 7.93. The van der Waals surface area contributed by atoms with Crippen LogP contribution in [0.25, 0.3) is 0 Å². The SMILES string of the molecule is CN(C)CCCCCC1=C[C@H]2C[C@@H](O)[C@H](/C=C/C[C@@](C)(O)C3CCCCC3)[C@H]2C1. The molecule has 29 heavy (non-hydrogen) atoms. The number of aliphatic hydroxyl groups is 2. The number of unbranched alkanes of at least 4 members (excludes halogenated alkanes) is 2. The molecule has 2 N–H and O–H groups in total. The van der Waals surface area contributed by atoms with Crippen LogP contribution in [0.3, 0.4) is 0 Å². The fourth-order valence-corrected chi connectivity index (χ4v) is 6.10. The van der Waals surface area contributed by atoms with Crippen molar-refractivity contribution in [2.24, 2.45) is 23.7 Å². The van der Waals surface area contributed by atoms with E-state index in [0.29, 0.717) is 17.8 Å². The summed E-state index contributed by atoms with van der Waals surface area (Å²) in [6, 6.07) is 0. The lowest BCUT2D eigenvalue weighted by molar-refractivity contribution is -0.0138. The Balaban J connectivity index is 1.45. The molecule has 0 amide bonds. The number of allylic oxidation sites excluding steroid dienone is 2. The summed E-state index contributed by atoms with van der Waals surface area (Å²) in [7, 11) is 4.29. The van der Waals surface area contributed by atoms with Crippen LogP contribution >= 0.6 is 0 Å². The van der Waals surface area contributed by atoms with Gasteiger partial charge in [0, 0.05) is 5.92 Å². The van der Waals surface area contributed by atoms with E-state index < -0.39 is 5.60 Å². The first-order valence-corrected chi connectivity index (χ1v) is 12.3. The molecule has 0 spiro atoms. The summed E-state index contributed by atoms with van der Waals surface area (Å²) in [6.07, 6.45) is 20.9. The van der Waals surface area contributed by atoms with Crippen molar-refractivity contribution in [1.82, 2.24) is 4.90 Å². The van der Waals surface area contributed by atoms with Gasteiger partial charge < -0.3 is 15.1 Å². The molecular formula is C26H45NO2. The summed E-state index contributed by atoms with van der Waals surface area (Å²) in [5, 5.41) is 21.6. The van der Waals surface area contributed by atoms with Crippen molar-refractivity contribution in [3.63, 3.8) is 0 Å². The lowest BCUT2D eigenvalue weighted by Gasteiger charge is -2.35. The van der Waals surface area contributed by atoms with Crippen molar-refractivity contribution < 1.29 is 10.2 Å². The van der Waals surface area contributed by atoms with Crippen LogP contribution in [0, 0.1) is 23.7 Å². The van der Waals surface area contributed by atoms with E-state index in [1.165, 1.54) is 70.8 Å². The highest BCUT2D eigenvalue weighted by atomic mass is 16.3. The summed E-state index contributed by atoms with van der Waals surface area (Å²) < 4.78 is 0. The zero-order valence-electron chi connectivity index (χ0n) is 19.2. The van der Waals surface area contributed by atoms with Crippen LogP contribution in [-0.2, 0) is 0 Å². The van der Waals surface area contributed by atoms with Gasteiger partial charge in [0.25, 0.3) is 0 Å². The van der Waals surface area contributed by atoms with Gasteiger partial charge in [0.1, 0.15) is 0 Å². The molecule has 0 aliphatic heterocycles. The monoisotopic (exact) mass is 403 g/mol. The Labute approximate surface area is 179 Å². The molecule has 3 rings (SSSR count). The summed E-state index contributed by atoms with van der Waals surface area (Å²) >= 11 is 0. The van der Waals surface area contributed by atoms with E-state index in [2.05, 4.69) is 37.2 Å². The summed E-state index contributed by atoms with van der Waals surface area (Å²) in [4.78, 5) is 2.27. The molecule has 3 heteroatoms. The summed E-state index contributed by atoms with van der Waals surface area (Å²) in [5.74, 6) is 1.85. The summed E-state index contributed by atoms with van der Waals surface area (Å²) in [5.41, 5.74) is 1.04. The fraction of sp³-hybridized carbons (Fsp3) is 0.846. The standard InChI is InChI=1S/C26H45NO2/c1-26(29,22-12-7-4-8-13-22)15-10-14-23-24-18-20(17-21(24)19-25(23)28)11-6-5-9-16-27(2)3/h10,14,17,21-25,28-29H,4-9,11-13,15-16,18-19H2,1-3H3/b14-10+/t21-,23+,24-,25+,26+/m0/s1. The second-order valence-electron chi connectivity index (χ2n) is 10.7. The molecule has 0 unspecified atom stereocenters. The van der Waals surface area contributed by atoms with Crippen molar-refractivity contribution in [3.8, 4) is 0 Å². The average molecular weight is 404 g/mol. The quantitative estimate of drug-likeness (QED) is 0.383. The maximum atomic E-state index is 11.0. The number of fused-ring (bicyclic) bond motifs is 1. The molecule has 0 radical (unpaired) electrons. The molecule has 0 saturated heterocycles. The van der Waals surface area contributed by atoms with Crippen LogP contribution in [0.2, 0.25) is 0 Å². The lowest BCUT2D eigenvalue weighted by Crippen LogP contribution is -2.35. The topological polar surface area (TPSA) is 43.7 Å². The van der Waals surface area contributed by atoms with Gasteiger partial charge in [-0.1, -0.05) is 49.5 Å². The van der Waals surface area contributed by atoms with Gasteiger partial charge in [-0.25, -0.2) is 0 Å². The Bertz CT molecular complexity index is 559. The van der Waals surface area contributed by atoms with Gasteiger partial charge in [-0.05, 0) is 96.7 Å². The smallest absolute Gasteiger partial charge is 0.0682 e. The first-order valence-electron chi connectivity index (χ1n) is 12.3. The van der Waals surface area contributed by atoms with Crippen molar-refractivity contribution in [3.05, 3.63) is 23.8 Å². The van der Waals surface area contributed by atoms with E-state index in [1.54, 1.807) is 5.57 Å². The van der Waals surface area contributed by atoms with E-state index in [9.17, 15) is 10.2 Å².